The third kappa shape index (κ3) is 4.10. The van der Waals surface area contributed by atoms with E-state index < -0.39 is 0 Å². The molecule has 0 saturated carbocycles. The van der Waals surface area contributed by atoms with Gasteiger partial charge in [-0.2, -0.15) is 0 Å². The summed E-state index contributed by atoms with van der Waals surface area (Å²) in [5, 5.41) is 43.9. The van der Waals surface area contributed by atoms with Crippen molar-refractivity contribution < 1.29 is 30.0 Å². The second kappa shape index (κ2) is 8.83. The van der Waals surface area contributed by atoms with Crippen LogP contribution in [0.1, 0.15) is 68.1 Å². The van der Waals surface area contributed by atoms with Gasteiger partial charge in [-0.3, -0.25) is 9.59 Å². The number of aryl methyl sites for hydroxylation is 2. The molecule has 1 heterocycles. The normalized spacial score (nSPS) is 11.2. The first-order valence-corrected chi connectivity index (χ1v) is 11.2. The van der Waals surface area contributed by atoms with Gasteiger partial charge in [0.15, 0.2) is 11.6 Å². The van der Waals surface area contributed by atoms with E-state index in [4.69, 9.17) is 0 Å². The van der Waals surface area contributed by atoms with Crippen molar-refractivity contribution in [3.8, 4) is 23.0 Å². The molecule has 3 aromatic carbocycles. The van der Waals surface area contributed by atoms with Crippen LogP contribution in [0.15, 0.2) is 36.4 Å². The van der Waals surface area contributed by atoms with Crippen LogP contribution in [-0.2, 0) is 12.8 Å². The molecule has 0 radical (unpaired) electrons. The Morgan fingerprint density at radius 1 is 0.714 bits per heavy atom. The van der Waals surface area contributed by atoms with E-state index >= 15 is 0 Å². The predicted molar refractivity (Wildman–Crippen MR) is 133 cm³/mol. The van der Waals surface area contributed by atoms with E-state index in [1.165, 1.54) is 26.0 Å². The van der Waals surface area contributed by atoms with Crippen molar-refractivity contribution in [2.45, 2.75) is 40.5 Å². The number of para-hydroxylation sites is 1. The predicted octanol–water partition coefficient (Wildman–Crippen LogP) is 5.19. The number of rotatable bonds is 6. The second-order valence-electron chi connectivity index (χ2n) is 8.93. The smallest absolute Gasteiger partial charge is 0.163 e. The Hall–Kier alpha value is -4.26. The Balaban J connectivity index is 1.92. The number of H-pyrrole nitrogens is 1. The number of fused-ring (bicyclic) bond motifs is 1. The highest BCUT2D eigenvalue weighted by Gasteiger charge is 2.24. The molecular formula is C28H27NO6. The van der Waals surface area contributed by atoms with Crippen molar-refractivity contribution in [3.05, 3.63) is 81.0 Å². The van der Waals surface area contributed by atoms with Gasteiger partial charge in [0.1, 0.15) is 23.0 Å². The van der Waals surface area contributed by atoms with Gasteiger partial charge in [-0.15, -0.1) is 0 Å². The second-order valence-corrected chi connectivity index (χ2v) is 8.93. The van der Waals surface area contributed by atoms with Crippen LogP contribution in [0.25, 0.3) is 10.9 Å². The van der Waals surface area contributed by atoms with Gasteiger partial charge in [-0.05, 0) is 62.6 Å². The Labute approximate surface area is 202 Å². The van der Waals surface area contributed by atoms with Crippen molar-refractivity contribution in [1.82, 2.24) is 4.98 Å². The molecule has 0 bridgehead atoms. The number of nitrogens with one attached hydrogen (secondary N) is 1. The quantitative estimate of drug-likeness (QED) is 0.245. The summed E-state index contributed by atoms with van der Waals surface area (Å²) < 4.78 is 0. The largest absolute Gasteiger partial charge is 0.507 e. The van der Waals surface area contributed by atoms with Crippen molar-refractivity contribution in [1.29, 1.82) is 0 Å². The summed E-state index contributed by atoms with van der Waals surface area (Å²) in [6.07, 6.45) is 0.155. The first-order chi connectivity index (χ1) is 16.5. The van der Waals surface area contributed by atoms with E-state index in [1.807, 2.05) is 24.3 Å². The number of carbonyl (C=O) groups excluding carboxylic acids is 2. The number of Topliss-reactive ketones (excluding diaryl/α,β-unsaturated/α-hetero) is 2. The van der Waals surface area contributed by atoms with E-state index in [1.54, 1.807) is 13.8 Å². The maximum Gasteiger partial charge on any atom is 0.163 e. The zero-order valence-electron chi connectivity index (χ0n) is 20.0. The summed E-state index contributed by atoms with van der Waals surface area (Å²) >= 11 is 0. The van der Waals surface area contributed by atoms with Crippen molar-refractivity contribution in [3.63, 3.8) is 0 Å². The van der Waals surface area contributed by atoms with Crippen LogP contribution in [0.5, 0.6) is 23.0 Å². The Morgan fingerprint density at radius 3 is 1.71 bits per heavy atom. The number of aromatic hydroxyl groups is 4. The molecule has 0 aliphatic carbocycles. The summed E-state index contributed by atoms with van der Waals surface area (Å²) in [7, 11) is 0. The summed E-state index contributed by atoms with van der Waals surface area (Å²) in [5.41, 5.74) is 3.70. The van der Waals surface area contributed by atoms with Gasteiger partial charge in [0.2, 0.25) is 0 Å². The van der Waals surface area contributed by atoms with Gasteiger partial charge in [0.25, 0.3) is 0 Å². The lowest BCUT2D eigenvalue weighted by atomic mass is 9.92. The molecule has 0 aliphatic rings. The Morgan fingerprint density at radius 2 is 1.20 bits per heavy atom. The van der Waals surface area contributed by atoms with Crippen LogP contribution in [0.3, 0.4) is 0 Å². The highest BCUT2D eigenvalue weighted by molar-refractivity contribution is 5.98. The first-order valence-electron chi connectivity index (χ1n) is 11.2. The molecule has 4 rings (SSSR count). The average molecular weight is 474 g/mol. The minimum atomic E-state index is -0.324. The lowest BCUT2D eigenvalue weighted by molar-refractivity contribution is 0.100. The fourth-order valence-corrected chi connectivity index (χ4v) is 4.57. The molecule has 0 saturated heterocycles. The van der Waals surface area contributed by atoms with Gasteiger partial charge in [-0.1, -0.05) is 18.2 Å². The summed E-state index contributed by atoms with van der Waals surface area (Å²) in [4.78, 5) is 27.4. The van der Waals surface area contributed by atoms with Crippen LogP contribution in [0.2, 0.25) is 0 Å². The molecule has 0 spiro atoms. The van der Waals surface area contributed by atoms with Crippen molar-refractivity contribution in [2.24, 2.45) is 0 Å². The number of benzene rings is 3. The number of hydrogen-bond acceptors (Lipinski definition) is 6. The molecule has 35 heavy (non-hydrogen) atoms. The minimum absolute atomic E-state index is 0.0660. The molecular weight excluding hydrogens is 446 g/mol. The third-order valence-corrected chi connectivity index (χ3v) is 6.49. The van der Waals surface area contributed by atoms with Gasteiger partial charge in [0, 0.05) is 40.6 Å². The molecule has 7 heteroatoms. The number of carbonyl (C=O) groups is 2. The maximum absolute atomic E-state index is 12.1. The van der Waals surface area contributed by atoms with Crippen molar-refractivity contribution >= 4 is 22.5 Å². The van der Waals surface area contributed by atoms with Gasteiger partial charge >= 0.3 is 0 Å². The molecule has 7 nitrogen and oxygen atoms in total. The van der Waals surface area contributed by atoms with Crippen LogP contribution < -0.4 is 0 Å². The summed E-state index contributed by atoms with van der Waals surface area (Å²) in [6, 6.07) is 10.4. The molecule has 0 atom stereocenters. The molecule has 0 unspecified atom stereocenters. The molecule has 4 aromatic rings. The zero-order valence-corrected chi connectivity index (χ0v) is 20.0. The average Bonchev–Trinajstić information content (AvgIpc) is 3.15. The lowest BCUT2D eigenvalue weighted by Crippen LogP contribution is -2.03. The molecule has 5 N–H and O–H groups in total. The summed E-state index contributed by atoms with van der Waals surface area (Å²) in [5.74, 6) is -1.43. The molecule has 0 aliphatic heterocycles. The first kappa shape index (κ1) is 23.9. The van der Waals surface area contributed by atoms with Crippen LogP contribution in [0.4, 0.5) is 0 Å². The van der Waals surface area contributed by atoms with Gasteiger partial charge in [-0.25, -0.2) is 0 Å². The minimum Gasteiger partial charge on any atom is -0.507 e. The topological polar surface area (TPSA) is 131 Å². The van der Waals surface area contributed by atoms with Crippen LogP contribution in [0, 0.1) is 13.8 Å². The molecule has 0 amide bonds. The van der Waals surface area contributed by atoms with E-state index in [0.717, 1.165) is 16.5 Å². The number of hydrogen-bond donors (Lipinski definition) is 5. The molecule has 1 aromatic heterocycles. The number of phenolic OH excluding ortho intramolecular Hbond substituents is 4. The Bertz CT molecular complexity index is 1510. The van der Waals surface area contributed by atoms with E-state index in [9.17, 15) is 30.0 Å². The number of phenols is 4. The van der Waals surface area contributed by atoms with Gasteiger partial charge in [0.05, 0.1) is 11.1 Å². The lowest BCUT2D eigenvalue weighted by Gasteiger charge is -2.15. The monoisotopic (exact) mass is 473 g/mol. The van der Waals surface area contributed by atoms with Crippen molar-refractivity contribution in [2.75, 3.05) is 0 Å². The van der Waals surface area contributed by atoms with E-state index in [-0.39, 0.29) is 69.7 Å². The highest BCUT2D eigenvalue weighted by Crippen LogP contribution is 2.40. The van der Waals surface area contributed by atoms with Crippen LogP contribution in [-0.4, -0.2) is 37.0 Å². The van der Waals surface area contributed by atoms with Gasteiger partial charge < -0.3 is 25.4 Å². The fourth-order valence-electron chi connectivity index (χ4n) is 4.57. The number of ketones is 2. The zero-order chi connectivity index (χ0) is 25.6. The summed E-state index contributed by atoms with van der Waals surface area (Å²) in [6.45, 7) is 6.01. The maximum atomic E-state index is 12.1. The van der Waals surface area contributed by atoms with E-state index in [0.29, 0.717) is 16.8 Å². The molecule has 0 fully saturated rings. The number of aromatic nitrogens is 1. The fraction of sp³-hybridized carbons (Fsp3) is 0.214. The number of aromatic amines is 1. The van der Waals surface area contributed by atoms with E-state index in [2.05, 4.69) is 4.98 Å². The van der Waals surface area contributed by atoms with Crippen LogP contribution >= 0.6 is 0 Å². The molecule has 180 valence electrons. The third-order valence-electron chi connectivity index (χ3n) is 6.49. The Kier molecular flexibility index (Phi) is 6.03. The highest BCUT2D eigenvalue weighted by atomic mass is 16.3. The standard InChI is InChI=1S/C28H27NO6/c1-13-9-18(15(3)30)27(34)21(25(13)32)11-20-17-7-5-6-8-23(17)29-24(20)12-22-26(33)14(2)10-19(16(4)31)28(22)35/h5-10,29,32-35H,11-12H2,1-4H3. The SMILES string of the molecule is CC(=O)c1cc(C)c(O)c(Cc2[nH]c3ccccc3c2Cc2c(O)c(C)cc(C(C)=O)c2O)c1O.